The minimum absolute atomic E-state index is 0. The van der Waals surface area contributed by atoms with Gasteiger partial charge in [-0.05, 0) is 0 Å². The summed E-state index contributed by atoms with van der Waals surface area (Å²) in [5, 5.41) is 0. The standard InChI is InChI=1S/2Cu.5O.2V/q;;5*-2;;. The van der Waals surface area contributed by atoms with E-state index in [2.05, 4.69) is 0 Å². The molecule has 9 heteroatoms. The molecule has 0 heterocycles. The van der Waals surface area contributed by atoms with Crippen molar-refractivity contribution in [1.82, 2.24) is 0 Å². The molecular weight excluding hydrogens is 309 g/mol. The van der Waals surface area contributed by atoms with E-state index in [-0.39, 0.29) is 98.6 Å². The van der Waals surface area contributed by atoms with Crippen LogP contribution >= 0.6 is 0 Å². The first-order chi connectivity index (χ1) is 0. The first-order valence-electron chi connectivity index (χ1n) is 0. The monoisotopic (exact) mass is 308 g/mol. The van der Waals surface area contributed by atoms with Gasteiger partial charge in [0.1, 0.15) is 0 Å². The van der Waals surface area contributed by atoms with Crippen LogP contribution in [-0.2, 0) is 98.6 Å². The zero-order chi connectivity index (χ0) is 0. The first-order valence-corrected chi connectivity index (χ1v) is 0. The van der Waals surface area contributed by atoms with Crippen molar-refractivity contribution in [3.05, 3.63) is 0 Å². The zero-order valence-electron chi connectivity index (χ0n) is 3.54. The van der Waals surface area contributed by atoms with Gasteiger partial charge < -0.3 is 27.4 Å². The van der Waals surface area contributed by atoms with Gasteiger partial charge in [0.15, 0.2) is 0 Å². The Morgan fingerprint density at radius 2 is 0.333 bits per heavy atom. The average molecular weight is 309 g/mol. The van der Waals surface area contributed by atoms with Crippen LogP contribution in [0.2, 0.25) is 0 Å². The molecule has 0 N–H and O–H groups in total. The first kappa shape index (κ1) is 273. The largest absolute Gasteiger partial charge is 2.00 e. The van der Waals surface area contributed by atoms with Crippen molar-refractivity contribution >= 4 is 0 Å². The Labute approximate surface area is 98.0 Å². The molecule has 0 aliphatic heterocycles. The van der Waals surface area contributed by atoms with Gasteiger partial charge in [0.25, 0.3) is 0 Å². The molecule has 0 aliphatic carbocycles. The predicted octanol–water partition coefficient (Wildman–Crippen LogP) is -0.604. The van der Waals surface area contributed by atoms with E-state index < -0.39 is 0 Å². The minimum atomic E-state index is 0. The van der Waals surface area contributed by atoms with Crippen LogP contribution in [-0.4, -0.2) is 0 Å². The van der Waals surface area contributed by atoms with E-state index >= 15 is 0 Å². The maximum Gasteiger partial charge on any atom is 0 e. The van der Waals surface area contributed by atoms with E-state index in [0.29, 0.717) is 0 Å². The summed E-state index contributed by atoms with van der Waals surface area (Å²) in [6, 6.07) is 0. The minimum Gasteiger partial charge on any atom is -2.00 e. The third-order valence-corrected chi connectivity index (χ3v) is 0. The molecule has 0 saturated carbocycles. The fourth-order valence-corrected chi connectivity index (χ4v) is 0. The van der Waals surface area contributed by atoms with Crippen LogP contribution in [0.1, 0.15) is 0 Å². The average Bonchev–Trinajstić information content (AvgIpc) is 0. The summed E-state index contributed by atoms with van der Waals surface area (Å²) in [5.74, 6) is 0. The summed E-state index contributed by atoms with van der Waals surface area (Å²) in [5.41, 5.74) is 0. The summed E-state index contributed by atoms with van der Waals surface area (Å²) in [6.07, 6.45) is 0. The van der Waals surface area contributed by atoms with Gasteiger partial charge in [-0.3, -0.25) is 0 Å². The Balaban J connectivity index is 0. The second-order valence-electron chi connectivity index (χ2n) is 0. The van der Waals surface area contributed by atoms with E-state index in [1.54, 1.807) is 0 Å². The number of hydrogen-bond acceptors (Lipinski definition) is 0. The molecule has 0 fully saturated rings. The Bertz CT molecular complexity index is 12.9. The summed E-state index contributed by atoms with van der Waals surface area (Å²) >= 11 is 0. The van der Waals surface area contributed by atoms with Gasteiger partial charge in [0.2, 0.25) is 0 Å². The third-order valence-electron chi connectivity index (χ3n) is 0. The van der Waals surface area contributed by atoms with E-state index in [9.17, 15) is 0 Å². The van der Waals surface area contributed by atoms with Gasteiger partial charge in [-0.25, -0.2) is 0 Å². The fraction of sp³-hybridized carbons (Fsp3) is 0. The Kier molecular flexibility index (Phi) is 6120. The van der Waals surface area contributed by atoms with Gasteiger partial charge in [0, 0.05) is 71.2 Å². The van der Waals surface area contributed by atoms with Crippen molar-refractivity contribution in [2.24, 2.45) is 0 Å². The van der Waals surface area contributed by atoms with E-state index in [0.717, 1.165) is 0 Å². The molecule has 0 aromatic carbocycles. The van der Waals surface area contributed by atoms with Crippen LogP contribution in [0.25, 0.3) is 0 Å². The third kappa shape index (κ3) is 159. The Morgan fingerprint density at radius 1 is 0.333 bits per heavy atom. The second kappa shape index (κ2) is 201. The predicted molar refractivity (Wildman–Crippen MR) is 3.43 cm³/mol. The van der Waals surface area contributed by atoms with Crippen molar-refractivity contribution in [1.29, 1.82) is 0 Å². The molecule has 0 amide bonds. The maximum absolute atomic E-state index is 0. The molecule has 0 unspecified atom stereocenters. The summed E-state index contributed by atoms with van der Waals surface area (Å²) in [6.45, 7) is 0. The van der Waals surface area contributed by atoms with E-state index in [4.69, 9.17) is 0 Å². The summed E-state index contributed by atoms with van der Waals surface area (Å²) in [4.78, 5) is 0. The van der Waals surface area contributed by atoms with Gasteiger partial charge in [-0.2, -0.15) is 0 Å². The van der Waals surface area contributed by atoms with E-state index in [1.807, 2.05) is 0 Å². The second-order valence-corrected chi connectivity index (χ2v) is 0. The van der Waals surface area contributed by atoms with Crippen molar-refractivity contribution < 1.29 is 98.6 Å². The molecule has 0 rings (SSSR count). The molecule has 0 atom stereocenters. The van der Waals surface area contributed by atoms with Crippen LogP contribution < -0.4 is 0 Å². The molecule has 0 aliphatic rings. The fourth-order valence-electron chi connectivity index (χ4n) is 0. The van der Waals surface area contributed by atoms with Crippen LogP contribution in [0.4, 0.5) is 0 Å². The van der Waals surface area contributed by atoms with Crippen LogP contribution in [0, 0.1) is 0 Å². The molecule has 72 valence electrons. The quantitative estimate of drug-likeness (QED) is 0.526. The van der Waals surface area contributed by atoms with Crippen LogP contribution in [0.15, 0.2) is 0 Å². The van der Waals surface area contributed by atoms with Gasteiger partial charge in [0.05, 0.1) is 0 Å². The smallest absolute Gasteiger partial charge is 0 e. The van der Waals surface area contributed by atoms with Crippen molar-refractivity contribution in [2.75, 3.05) is 0 Å². The number of hydrogen-bond donors (Lipinski definition) is 0. The Hall–Kier alpha value is 2.01. The van der Waals surface area contributed by atoms with Crippen molar-refractivity contribution in [2.45, 2.75) is 0 Å². The normalized spacial score (nSPS) is 0. The van der Waals surface area contributed by atoms with Gasteiger partial charge in [-0.1, -0.05) is 0 Å². The molecule has 0 aromatic rings. The van der Waals surface area contributed by atoms with Crippen molar-refractivity contribution in [3.8, 4) is 0 Å². The Morgan fingerprint density at radius 3 is 0.333 bits per heavy atom. The maximum atomic E-state index is 0. The molecule has 0 spiro atoms. The van der Waals surface area contributed by atoms with E-state index in [1.165, 1.54) is 0 Å². The molecule has 0 bridgehead atoms. The molecule has 0 saturated heterocycles. The van der Waals surface area contributed by atoms with Crippen molar-refractivity contribution in [3.63, 3.8) is 0 Å². The SMILES string of the molecule is [Cu].[Cu].[O-2].[O-2].[O-2].[O-2].[O-2].[V].[V]. The molecule has 9 heavy (non-hydrogen) atoms. The summed E-state index contributed by atoms with van der Waals surface area (Å²) < 4.78 is 0. The van der Waals surface area contributed by atoms with Crippen LogP contribution in [0.3, 0.4) is 0 Å². The van der Waals surface area contributed by atoms with Crippen LogP contribution in [0.5, 0.6) is 0 Å². The molecular formula is Cu2O5V2-10. The molecule has 4 radical (unpaired) electrons. The molecule has 5 nitrogen and oxygen atoms in total. The van der Waals surface area contributed by atoms with Gasteiger partial charge >= 0.3 is 0 Å². The van der Waals surface area contributed by atoms with Gasteiger partial charge in [-0.15, -0.1) is 0 Å². The number of rotatable bonds is 0. The zero-order valence-corrected chi connectivity index (χ0v) is 8.22. The topological polar surface area (TPSA) is 142 Å². The molecule has 0 aromatic heterocycles. The summed E-state index contributed by atoms with van der Waals surface area (Å²) in [7, 11) is 0.